The van der Waals surface area contributed by atoms with Gasteiger partial charge in [0.25, 0.3) is 0 Å². The molecule has 1 heterocycles. The zero-order chi connectivity index (χ0) is 12.3. The van der Waals surface area contributed by atoms with E-state index in [9.17, 15) is 0 Å². The number of guanidine groups is 1. The van der Waals surface area contributed by atoms with Gasteiger partial charge in [-0.2, -0.15) is 0 Å². The third-order valence-electron chi connectivity index (χ3n) is 3.16. The second kappa shape index (κ2) is 5.08. The lowest BCUT2D eigenvalue weighted by atomic mass is 10.0. The van der Waals surface area contributed by atoms with Crippen molar-refractivity contribution in [3.63, 3.8) is 0 Å². The summed E-state index contributed by atoms with van der Waals surface area (Å²) in [4.78, 5) is 4.34. The first-order valence-electron chi connectivity index (χ1n) is 6.14. The number of fused-ring (bicyclic) bond motifs is 1. The Hall–Kier alpha value is -1.71. The van der Waals surface area contributed by atoms with Gasteiger partial charge >= 0.3 is 0 Å². The molecule has 2 rings (SSSR count). The summed E-state index contributed by atoms with van der Waals surface area (Å²) in [7, 11) is 0. The van der Waals surface area contributed by atoms with Crippen LogP contribution >= 0.6 is 0 Å². The van der Waals surface area contributed by atoms with E-state index in [0.29, 0.717) is 6.04 Å². The van der Waals surface area contributed by atoms with Crippen LogP contribution in [0.5, 0.6) is 0 Å². The average molecular weight is 232 g/mol. The molecule has 0 spiro atoms. The summed E-state index contributed by atoms with van der Waals surface area (Å²) in [6.07, 6.45) is 3.08. The molecule has 1 aliphatic heterocycles. The van der Waals surface area contributed by atoms with Crippen molar-refractivity contribution < 1.29 is 0 Å². The second-order valence-corrected chi connectivity index (χ2v) is 4.52. The van der Waals surface area contributed by atoms with E-state index in [1.54, 1.807) is 0 Å². The van der Waals surface area contributed by atoms with Gasteiger partial charge in [-0.1, -0.05) is 31.5 Å². The van der Waals surface area contributed by atoms with Crippen molar-refractivity contribution in [2.75, 3.05) is 5.32 Å². The van der Waals surface area contributed by atoms with Gasteiger partial charge in [0.1, 0.15) is 0 Å². The number of rotatable bonds is 4. The highest BCUT2D eigenvalue weighted by molar-refractivity contribution is 5.76. The summed E-state index contributed by atoms with van der Waals surface area (Å²) in [5, 5.41) is 3.51. The van der Waals surface area contributed by atoms with Crippen LogP contribution in [0.4, 0.5) is 5.69 Å². The molecule has 0 amide bonds. The van der Waals surface area contributed by atoms with Crippen molar-refractivity contribution in [3.8, 4) is 0 Å². The molecule has 0 bridgehead atoms. The Morgan fingerprint density at radius 1 is 1.47 bits per heavy atom. The molecule has 17 heavy (non-hydrogen) atoms. The predicted octanol–water partition coefficient (Wildman–Crippen LogP) is 1.47. The number of aliphatic imine (C=N–C) groups is 1. The maximum absolute atomic E-state index is 5.50. The number of nitrogens with zero attached hydrogens (tertiary/aromatic N) is 1. The summed E-state index contributed by atoms with van der Waals surface area (Å²) in [6.45, 7) is 2.15. The number of para-hydroxylation sites is 1. The minimum atomic E-state index is 0.164. The minimum Gasteiger partial charge on any atom is -0.380 e. The summed E-state index contributed by atoms with van der Waals surface area (Å²) in [5.41, 5.74) is 13.6. The summed E-state index contributed by atoms with van der Waals surface area (Å²) in [6, 6.07) is 8.85. The first-order chi connectivity index (χ1) is 8.20. The number of anilines is 1. The lowest BCUT2D eigenvalue weighted by Crippen LogP contribution is -2.34. The molecule has 0 saturated carbocycles. The first kappa shape index (κ1) is 11.8. The number of benzene rings is 1. The molecule has 0 radical (unpaired) electrons. The van der Waals surface area contributed by atoms with E-state index in [-0.39, 0.29) is 12.0 Å². The lowest BCUT2D eigenvalue weighted by molar-refractivity contribution is 0.527. The highest BCUT2D eigenvalue weighted by Crippen LogP contribution is 2.28. The van der Waals surface area contributed by atoms with Gasteiger partial charge in [0.2, 0.25) is 0 Å². The molecular weight excluding hydrogens is 212 g/mol. The van der Waals surface area contributed by atoms with Crippen LogP contribution in [0.2, 0.25) is 0 Å². The molecule has 92 valence electrons. The van der Waals surface area contributed by atoms with Crippen molar-refractivity contribution in [1.82, 2.24) is 0 Å². The Morgan fingerprint density at radius 3 is 2.88 bits per heavy atom. The van der Waals surface area contributed by atoms with Gasteiger partial charge in [-0.05, 0) is 24.5 Å². The van der Waals surface area contributed by atoms with E-state index in [1.807, 2.05) is 6.07 Å². The fraction of sp³-hybridized carbons (Fsp3) is 0.462. The molecular formula is C13H20N4. The second-order valence-electron chi connectivity index (χ2n) is 4.52. The number of nitrogens with two attached hydrogens (primary N) is 2. The van der Waals surface area contributed by atoms with Crippen LogP contribution in [0.25, 0.3) is 0 Å². The monoisotopic (exact) mass is 232 g/mol. The Balaban J connectivity index is 2.11. The Labute approximate surface area is 102 Å². The zero-order valence-corrected chi connectivity index (χ0v) is 10.2. The van der Waals surface area contributed by atoms with Gasteiger partial charge in [0, 0.05) is 5.69 Å². The fourth-order valence-corrected chi connectivity index (χ4v) is 2.40. The highest BCUT2D eigenvalue weighted by Gasteiger charge is 2.27. The van der Waals surface area contributed by atoms with Crippen LogP contribution in [0, 0.1) is 0 Å². The molecule has 2 atom stereocenters. The van der Waals surface area contributed by atoms with E-state index >= 15 is 0 Å². The van der Waals surface area contributed by atoms with Crippen molar-refractivity contribution in [2.45, 2.75) is 38.3 Å². The van der Waals surface area contributed by atoms with E-state index in [1.165, 1.54) is 11.3 Å². The molecule has 4 nitrogen and oxygen atoms in total. The van der Waals surface area contributed by atoms with Crippen molar-refractivity contribution in [1.29, 1.82) is 0 Å². The minimum absolute atomic E-state index is 0.164. The molecule has 5 N–H and O–H groups in total. The van der Waals surface area contributed by atoms with Gasteiger partial charge in [0.15, 0.2) is 5.96 Å². The maximum atomic E-state index is 5.50. The Kier molecular flexibility index (Phi) is 3.52. The molecule has 1 aromatic rings. The predicted molar refractivity (Wildman–Crippen MR) is 72.1 cm³/mol. The number of hydrogen-bond donors (Lipinski definition) is 3. The normalized spacial score (nSPS) is 19.2. The van der Waals surface area contributed by atoms with E-state index in [2.05, 4.69) is 35.4 Å². The van der Waals surface area contributed by atoms with Gasteiger partial charge in [-0.25, -0.2) is 4.99 Å². The maximum Gasteiger partial charge on any atom is 0.186 e. The van der Waals surface area contributed by atoms with Crippen LogP contribution in [0.1, 0.15) is 25.3 Å². The topological polar surface area (TPSA) is 76.4 Å². The van der Waals surface area contributed by atoms with Crippen molar-refractivity contribution in [3.05, 3.63) is 29.8 Å². The van der Waals surface area contributed by atoms with Gasteiger partial charge in [-0.3, -0.25) is 0 Å². The molecule has 0 saturated heterocycles. The molecule has 2 unspecified atom stereocenters. The number of hydrogen-bond acceptors (Lipinski definition) is 2. The lowest BCUT2D eigenvalue weighted by Gasteiger charge is -2.20. The van der Waals surface area contributed by atoms with E-state index in [0.717, 1.165) is 19.3 Å². The standard InChI is InChI=1S/C13H20N4/c1-2-5-11(17-13(14)15)12-8-9-6-3-4-7-10(9)16-12/h3-4,6-7,11-12,16H,2,5,8H2,1H3,(H4,14,15,17). The Morgan fingerprint density at radius 2 is 2.24 bits per heavy atom. The van der Waals surface area contributed by atoms with Gasteiger partial charge in [-0.15, -0.1) is 0 Å². The molecule has 1 aromatic carbocycles. The average Bonchev–Trinajstić information content (AvgIpc) is 2.71. The van der Waals surface area contributed by atoms with Gasteiger partial charge < -0.3 is 16.8 Å². The molecule has 1 aliphatic rings. The summed E-state index contributed by atoms with van der Waals surface area (Å²) >= 11 is 0. The first-order valence-corrected chi connectivity index (χ1v) is 6.14. The van der Waals surface area contributed by atoms with Crippen LogP contribution < -0.4 is 16.8 Å². The molecule has 0 aromatic heterocycles. The van der Waals surface area contributed by atoms with Gasteiger partial charge in [0.05, 0.1) is 12.1 Å². The third kappa shape index (κ3) is 2.70. The van der Waals surface area contributed by atoms with Crippen LogP contribution in [0.3, 0.4) is 0 Å². The van der Waals surface area contributed by atoms with Crippen molar-refractivity contribution in [2.24, 2.45) is 16.5 Å². The third-order valence-corrected chi connectivity index (χ3v) is 3.16. The van der Waals surface area contributed by atoms with Crippen LogP contribution in [-0.2, 0) is 6.42 Å². The van der Waals surface area contributed by atoms with Crippen molar-refractivity contribution >= 4 is 11.6 Å². The highest BCUT2D eigenvalue weighted by atomic mass is 15.1. The molecule has 4 heteroatoms. The fourth-order valence-electron chi connectivity index (χ4n) is 2.40. The van der Waals surface area contributed by atoms with Crippen LogP contribution in [-0.4, -0.2) is 18.0 Å². The number of nitrogens with one attached hydrogen (secondary N) is 1. The summed E-state index contributed by atoms with van der Waals surface area (Å²) < 4.78 is 0. The quantitative estimate of drug-likeness (QED) is 0.543. The summed E-state index contributed by atoms with van der Waals surface area (Å²) in [5.74, 6) is 0.182. The smallest absolute Gasteiger partial charge is 0.186 e. The van der Waals surface area contributed by atoms with E-state index in [4.69, 9.17) is 11.5 Å². The Bertz CT molecular complexity index is 385. The zero-order valence-electron chi connectivity index (χ0n) is 10.2. The molecule has 0 fully saturated rings. The van der Waals surface area contributed by atoms with Crippen LogP contribution in [0.15, 0.2) is 29.3 Å². The van der Waals surface area contributed by atoms with E-state index < -0.39 is 0 Å². The largest absolute Gasteiger partial charge is 0.380 e. The SMILES string of the molecule is CCCC(N=C(N)N)C1Cc2ccccc2N1. The molecule has 0 aliphatic carbocycles.